The van der Waals surface area contributed by atoms with Crippen molar-refractivity contribution < 1.29 is 14.3 Å². The Balaban J connectivity index is 1.98. The zero-order chi connectivity index (χ0) is 14.4. The molecular weight excluding hydrogens is 256 g/mol. The molecule has 1 fully saturated rings. The molecule has 1 aromatic carbocycles. The minimum atomic E-state index is -0.139. The second-order valence-corrected chi connectivity index (χ2v) is 4.90. The lowest BCUT2D eigenvalue weighted by molar-refractivity contribution is -0.128. The van der Waals surface area contributed by atoms with E-state index in [-0.39, 0.29) is 18.4 Å². The molecule has 1 saturated heterocycles. The van der Waals surface area contributed by atoms with Crippen molar-refractivity contribution in [2.24, 2.45) is 0 Å². The van der Waals surface area contributed by atoms with Gasteiger partial charge in [-0.1, -0.05) is 24.3 Å². The molecule has 2 rings (SSSR count). The van der Waals surface area contributed by atoms with Crippen molar-refractivity contribution in [2.45, 2.75) is 25.9 Å². The number of hydrogen-bond acceptors (Lipinski definition) is 3. The van der Waals surface area contributed by atoms with Crippen molar-refractivity contribution in [1.82, 2.24) is 10.2 Å². The quantitative estimate of drug-likeness (QED) is 0.845. The minimum absolute atomic E-state index is 0.0623. The molecule has 0 aliphatic carbocycles. The minimum Gasteiger partial charge on any atom is -0.375 e. The van der Waals surface area contributed by atoms with Crippen molar-refractivity contribution in [3.63, 3.8) is 0 Å². The number of carbonyl (C=O) groups excluding carboxylic acids is 2. The van der Waals surface area contributed by atoms with Gasteiger partial charge in [0.1, 0.15) is 6.61 Å². The van der Waals surface area contributed by atoms with Gasteiger partial charge in [-0.15, -0.1) is 0 Å². The molecule has 20 heavy (non-hydrogen) atoms. The van der Waals surface area contributed by atoms with Crippen LogP contribution in [0.1, 0.15) is 24.0 Å². The predicted octanol–water partition coefficient (Wildman–Crippen LogP) is 1.07. The Morgan fingerprint density at radius 3 is 2.75 bits per heavy atom. The molecule has 0 atom stereocenters. The summed E-state index contributed by atoms with van der Waals surface area (Å²) in [5.74, 6) is 0.0720. The smallest absolute Gasteiger partial charge is 0.246 e. The van der Waals surface area contributed by atoms with E-state index in [9.17, 15) is 9.59 Å². The van der Waals surface area contributed by atoms with Crippen LogP contribution < -0.4 is 5.32 Å². The fourth-order valence-electron chi connectivity index (χ4n) is 2.34. The van der Waals surface area contributed by atoms with Gasteiger partial charge in [0.25, 0.3) is 0 Å². The van der Waals surface area contributed by atoms with Crippen LogP contribution in [0.15, 0.2) is 24.3 Å². The topological polar surface area (TPSA) is 58.6 Å². The van der Waals surface area contributed by atoms with Gasteiger partial charge < -0.3 is 15.0 Å². The Bertz CT molecular complexity index is 488. The Kier molecular flexibility index (Phi) is 5.12. The Labute approximate surface area is 118 Å². The standard InChI is InChI=1S/C15H20N2O3/c1-20-11-14(18)16-9-12-5-2-3-6-13(12)10-17-8-4-7-15(17)19/h2-3,5-6H,4,7-11H2,1H3,(H,16,18). The number of methoxy groups -OCH3 is 1. The van der Waals surface area contributed by atoms with Gasteiger partial charge in [0, 0.05) is 33.2 Å². The second-order valence-electron chi connectivity index (χ2n) is 4.90. The van der Waals surface area contributed by atoms with Crippen LogP contribution in [0.2, 0.25) is 0 Å². The van der Waals surface area contributed by atoms with Gasteiger partial charge in [-0.05, 0) is 17.5 Å². The van der Waals surface area contributed by atoms with Crippen LogP contribution in [-0.4, -0.2) is 37.0 Å². The average molecular weight is 276 g/mol. The summed E-state index contributed by atoms with van der Waals surface area (Å²) < 4.78 is 4.78. The number of nitrogens with one attached hydrogen (secondary N) is 1. The molecule has 1 aliphatic heterocycles. The number of carbonyl (C=O) groups is 2. The third kappa shape index (κ3) is 3.81. The van der Waals surface area contributed by atoms with Crippen molar-refractivity contribution in [2.75, 3.05) is 20.3 Å². The highest BCUT2D eigenvalue weighted by Crippen LogP contribution is 2.17. The lowest BCUT2D eigenvalue weighted by atomic mass is 10.1. The lowest BCUT2D eigenvalue weighted by Crippen LogP contribution is -2.28. The maximum absolute atomic E-state index is 11.7. The second kappa shape index (κ2) is 7.05. The summed E-state index contributed by atoms with van der Waals surface area (Å²) in [7, 11) is 1.49. The van der Waals surface area contributed by atoms with Crippen molar-refractivity contribution in [1.29, 1.82) is 0 Å². The molecule has 0 spiro atoms. The van der Waals surface area contributed by atoms with Crippen LogP contribution in [0.25, 0.3) is 0 Å². The third-order valence-electron chi connectivity index (χ3n) is 3.40. The van der Waals surface area contributed by atoms with Crippen LogP contribution >= 0.6 is 0 Å². The zero-order valence-electron chi connectivity index (χ0n) is 11.7. The first-order valence-electron chi connectivity index (χ1n) is 6.81. The number of benzene rings is 1. The summed E-state index contributed by atoms with van der Waals surface area (Å²) in [5.41, 5.74) is 2.12. The summed E-state index contributed by atoms with van der Waals surface area (Å²) >= 11 is 0. The number of ether oxygens (including phenoxy) is 1. The molecule has 1 aromatic rings. The van der Waals surface area contributed by atoms with Gasteiger partial charge in [-0.3, -0.25) is 9.59 Å². The molecule has 0 aromatic heterocycles. The average Bonchev–Trinajstić information content (AvgIpc) is 2.84. The van der Waals surface area contributed by atoms with Crippen molar-refractivity contribution in [3.05, 3.63) is 35.4 Å². The molecular formula is C15H20N2O3. The van der Waals surface area contributed by atoms with E-state index in [1.165, 1.54) is 7.11 Å². The normalized spacial score (nSPS) is 14.7. The van der Waals surface area contributed by atoms with Crippen LogP contribution in [0.5, 0.6) is 0 Å². The first-order valence-corrected chi connectivity index (χ1v) is 6.81. The van der Waals surface area contributed by atoms with Crippen molar-refractivity contribution >= 4 is 11.8 Å². The van der Waals surface area contributed by atoms with E-state index in [1.54, 1.807) is 0 Å². The molecule has 0 bridgehead atoms. The van der Waals surface area contributed by atoms with Gasteiger partial charge in [-0.2, -0.15) is 0 Å². The van der Waals surface area contributed by atoms with E-state index >= 15 is 0 Å². The van der Waals surface area contributed by atoms with Crippen LogP contribution in [-0.2, 0) is 27.4 Å². The Morgan fingerprint density at radius 2 is 2.10 bits per heavy atom. The summed E-state index contributed by atoms with van der Waals surface area (Å²) in [6, 6.07) is 7.87. The summed E-state index contributed by atoms with van der Waals surface area (Å²) in [6.07, 6.45) is 1.58. The van der Waals surface area contributed by atoms with E-state index in [0.717, 1.165) is 24.1 Å². The van der Waals surface area contributed by atoms with Crippen molar-refractivity contribution in [3.8, 4) is 0 Å². The Morgan fingerprint density at radius 1 is 1.35 bits per heavy atom. The van der Waals surface area contributed by atoms with E-state index in [0.29, 0.717) is 19.5 Å². The fourth-order valence-corrected chi connectivity index (χ4v) is 2.34. The van der Waals surface area contributed by atoms with E-state index in [1.807, 2.05) is 29.2 Å². The molecule has 5 heteroatoms. The third-order valence-corrected chi connectivity index (χ3v) is 3.40. The number of nitrogens with zero attached hydrogens (tertiary/aromatic N) is 1. The number of amides is 2. The van der Waals surface area contributed by atoms with E-state index < -0.39 is 0 Å². The van der Waals surface area contributed by atoms with Gasteiger partial charge in [-0.25, -0.2) is 0 Å². The Hall–Kier alpha value is -1.88. The highest BCUT2D eigenvalue weighted by Gasteiger charge is 2.20. The summed E-state index contributed by atoms with van der Waals surface area (Å²) in [5, 5.41) is 2.81. The number of likely N-dealkylation sites (tertiary alicyclic amines) is 1. The highest BCUT2D eigenvalue weighted by molar-refractivity contribution is 5.78. The molecule has 1 aliphatic rings. The zero-order valence-corrected chi connectivity index (χ0v) is 11.7. The molecule has 1 N–H and O–H groups in total. The molecule has 1 heterocycles. The summed E-state index contributed by atoms with van der Waals surface area (Å²) in [6.45, 7) is 1.96. The molecule has 0 unspecified atom stereocenters. The van der Waals surface area contributed by atoms with Crippen LogP contribution in [0.4, 0.5) is 0 Å². The van der Waals surface area contributed by atoms with Gasteiger partial charge >= 0.3 is 0 Å². The molecule has 0 saturated carbocycles. The molecule has 108 valence electrons. The van der Waals surface area contributed by atoms with Gasteiger partial charge in [0.05, 0.1) is 0 Å². The van der Waals surface area contributed by atoms with Gasteiger partial charge in [0.15, 0.2) is 0 Å². The van der Waals surface area contributed by atoms with Crippen LogP contribution in [0.3, 0.4) is 0 Å². The lowest BCUT2D eigenvalue weighted by Gasteiger charge is -2.18. The monoisotopic (exact) mass is 276 g/mol. The van der Waals surface area contributed by atoms with Crippen LogP contribution in [0, 0.1) is 0 Å². The predicted molar refractivity (Wildman–Crippen MR) is 74.8 cm³/mol. The highest BCUT2D eigenvalue weighted by atomic mass is 16.5. The summed E-state index contributed by atoms with van der Waals surface area (Å²) in [4.78, 5) is 25.0. The maximum Gasteiger partial charge on any atom is 0.246 e. The molecule has 5 nitrogen and oxygen atoms in total. The van der Waals surface area contributed by atoms with E-state index in [2.05, 4.69) is 5.32 Å². The first-order chi connectivity index (χ1) is 9.70. The number of hydrogen-bond donors (Lipinski definition) is 1. The van der Waals surface area contributed by atoms with E-state index in [4.69, 9.17) is 4.74 Å². The largest absolute Gasteiger partial charge is 0.375 e. The molecule has 2 amide bonds. The fraction of sp³-hybridized carbons (Fsp3) is 0.467. The molecule has 0 radical (unpaired) electrons. The van der Waals surface area contributed by atoms with Gasteiger partial charge in [0.2, 0.25) is 11.8 Å². The number of rotatable bonds is 6. The SMILES string of the molecule is COCC(=O)NCc1ccccc1CN1CCCC1=O. The first kappa shape index (κ1) is 14.5. The maximum atomic E-state index is 11.7.